The van der Waals surface area contributed by atoms with Crippen molar-refractivity contribution in [2.24, 2.45) is 5.73 Å². The van der Waals surface area contributed by atoms with Gasteiger partial charge in [0.15, 0.2) is 0 Å². The lowest BCUT2D eigenvalue weighted by Crippen LogP contribution is -2.24. The Morgan fingerprint density at radius 2 is 2.20 bits per heavy atom. The zero-order valence-corrected chi connectivity index (χ0v) is 13.1. The number of aromatic nitrogens is 1. The molecule has 1 aromatic heterocycles. The second-order valence-corrected chi connectivity index (χ2v) is 6.63. The summed E-state index contributed by atoms with van der Waals surface area (Å²) in [5.41, 5.74) is 8.23. The number of nitrogens with one attached hydrogen (secondary N) is 1. The Balaban J connectivity index is 2.49. The first kappa shape index (κ1) is 14.9. The molecule has 1 aromatic carbocycles. The van der Waals surface area contributed by atoms with Crippen LogP contribution in [0.15, 0.2) is 30.5 Å². The number of para-hydroxylation sites is 1. The molecule has 0 radical (unpaired) electrons. The second-order valence-electron chi connectivity index (χ2n) is 4.71. The van der Waals surface area contributed by atoms with Crippen molar-refractivity contribution in [2.45, 2.75) is 13.0 Å². The number of nitrogens with two attached hydrogens (primary N) is 1. The second kappa shape index (κ2) is 6.28. The zero-order chi connectivity index (χ0) is 14.7. The van der Waals surface area contributed by atoms with Gasteiger partial charge in [-0.25, -0.2) is 0 Å². The Hall–Kier alpha value is -1.53. The van der Waals surface area contributed by atoms with Gasteiger partial charge in [-0.15, -0.1) is 0 Å². The summed E-state index contributed by atoms with van der Waals surface area (Å²) >= 11 is 5.09. The van der Waals surface area contributed by atoms with E-state index in [-0.39, 0.29) is 6.04 Å². The van der Waals surface area contributed by atoms with Crippen LogP contribution in [0, 0.1) is 0 Å². The fourth-order valence-corrected chi connectivity index (χ4v) is 3.07. The molecule has 1 heterocycles. The van der Waals surface area contributed by atoms with Gasteiger partial charge in [0.2, 0.25) is 0 Å². The fraction of sp³-hybridized carbons (Fsp3) is 0.286. The van der Waals surface area contributed by atoms with Crippen LogP contribution in [0.1, 0.15) is 12.5 Å². The van der Waals surface area contributed by atoms with Crippen LogP contribution in [0.4, 0.5) is 5.69 Å². The zero-order valence-electron chi connectivity index (χ0n) is 11.4. The SMILES string of the molecule is CC(CS(C)=O)Nc1c(C(N)=S)cnc2ccccc12. The van der Waals surface area contributed by atoms with Gasteiger partial charge in [0.25, 0.3) is 0 Å². The van der Waals surface area contributed by atoms with Crippen molar-refractivity contribution >= 4 is 44.6 Å². The summed E-state index contributed by atoms with van der Waals surface area (Å²) in [4.78, 5) is 4.67. The predicted octanol–water partition coefficient (Wildman–Crippen LogP) is 2.05. The van der Waals surface area contributed by atoms with E-state index < -0.39 is 10.8 Å². The average Bonchev–Trinajstić information content (AvgIpc) is 2.37. The molecule has 2 aromatic rings. The molecule has 6 heteroatoms. The quantitative estimate of drug-likeness (QED) is 0.828. The molecule has 3 N–H and O–H groups in total. The Morgan fingerprint density at radius 1 is 1.50 bits per heavy atom. The summed E-state index contributed by atoms with van der Waals surface area (Å²) < 4.78 is 11.3. The van der Waals surface area contributed by atoms with E-state index in [1.807, 2.05) is 31.2 Å². The molecule has 20 heavy (non-hydrogen) atoms. The summed E-state index contributed by atoms with van der Waals surface area (Å²) in [6.45, 7) is 1.99. The van der Waals surface area contributed by atoms with E-state index in [4.69, 9.17) is 18.0 Å². The number of hydrogen-bond donors (Lipinski definition) is 2. The Morgan fingerprint density at radius 3 is 2.85 bits per heavy atom. The van der Waals surface area contributed by atoms with Gasteiger partial charge in [-0.1, -0.05) is 30.4 Å². The molecule has 0 spiro atoms. The summed E-state index contributed by atoms with van der Waals surface area (Å²) in [7, 11) is -0.863. The van der Waals surface area contributed by atoms with Crippen molar-refractivity contribution < 1.29 is 4.21 Å². The molecule has 0 aliphatic heterocycles. The maximum Gasteiger partial charge on any atom is 0.107 e. The minimum Gasteiger partial charge on any atom is -0.389 e. The van der Waals surface area contributed by atoms with Crippen LogP contribution in [0.5, 0.6) is 0 Å². The lowest BCUT2D eigenvalue weighted by Gasteiger charge is -2.18. The normalized spacial score (nSPS) is 13.9. The van der Waals surface area contributed by atoms with Crippen LogP contribution in [-0.4, -0.2) is 32.2 Å². The number of benzene rings is 1. The highest BCUT2D eigenvalue weighted by Gasteiger charge is 2.13. The lowest BCUT2D eigenvalue weighted by molar-refractivity contribution is 0.683. The third-order valence-electron chi connectivity index (χ3n) is 2.92. The van der Waals surface area contributed by atoms with Crippen LogP contribution >= 0.6 is 12.2 Å². The number of rotatable bonds is 5. The molecule has 0 amide bonds. The van der Waals surface area contributed by atoms with Crippen molar-refractivity contribution in [2.75, 3.05) is 17.3 Å². The van der Waals surface area contributed by atoms with E-state index >= 15 is 0 Å². The van der Waals surface area contributed by atoms with Crippen LogP contribution < -0.4 is 11.1 Å². The van der Waals surface area contributed by atoms with Gasteiger partial charge in [0.1, 0.15) is 4.99 Å². The topological polar surface area (TPSA) is 68.0 Å². The van der Waals surface area contributed by atoms with E-state index in [0.29, 0.717) is 16.3 Å². The fourth-order valence-electron chi connectivity index (χ4n) is 2.12. The minimum atomic E-state index is -0.863. The van der Waals surface area contributed by atoms with Gasteiger partial charge in [-0.05, 0) is 13.0 Å². The molecular weight excluding hydrogens is 290 g/mol. The van der Waals surface area contributed by atoms with Crippen LogP contribution in [0.2, 0.25) is 0 Å². The Labute approximate surface area is 126 Å². The number of fused-ring (bicyclic) bond motifs is 1. The molecule has 2 unspecified atom stereocenters. The molecular formula is C14H17N3OS2. The van der Waals surface area contributed by atoms with Crippen molar-refractivity contribution in [3.05, 3.63) is 36.0 Å². The summed E-state index contributed by atoms with van der Waals surface area (Å²) in [6, 6.07) is 7.85. The van der Waals surface area contributed by atoms with Gasteiger partial charge in [-0.3, -0.25) is 9.19 Å². The summed E-state index contributed by atoms with van der Waals surface area (Å²) in [5.74, 6) is 0.563. The summed E-state index contributed by atoms with van der Waals surface area (Å²) in [6.07, 6.45) is 3.37. The average molecular weight is 307 g/mol. The molecule has 0 aliphatic carbocycles. The van der Waals surface area contributed by atoms with Gasteiger partial charge in [0, 0.05) is 40.4 Å². The highest BCUT2D eigenvalue weighted by atomic mass is 32.2. The molecule has 0 aliphatic rings. The predicted molar refractivity (Wildman–Crippen MR) is 89.6 cm³/mol. The van der Waals surface area contributed by atoms with E-state index in [9.17, 15) is 4.21 Å². The first-order valence-corrected chi connectivity index (χ1v) is 8.36. The Kier molecular flexibility index (Phi) is 4.67. The first-order chi connectivity index (χ1) is 9.49. The molecule has 2 rings (SSSR count). The first-order valence-electron chi connectivity index (χ1n) is 6.23. The number of pyridine rings is 1. The van der Waals surface area contributed by atoms with Gasteiger partial charge in [-0.2, -0.15) is 0 Å². The molecule has 0 bridgehead atoms. The highest BCUT2D eigenvalue weighted by Crippen LogP contribution is 2.26. The number of anilines is 1. The number of thiocarbonyl (C=S) groups is 1. The smallest absolute Gasteiger partial charge is 0.107 e. The van der Waals surface area contributed by atoms with Crippen LogP contribution in [0.3, 0.4) is 0 Å². The third-order valence-corrected chi connectivity index (χ3v) is 4.11. The monoisotopic (exact) mass is 307 g/mol. The molecule has 0 saturated heterocycles. The van der Waals surface area contributed by atoms with Crippen molar-refractivity contribution in [1.29, 1.82) is 0 Å². The molecule has 0 fully saturated rings. The van der Waals surface area contributed by atoms with Crippen molar-refractivity contribution in [3.63, 3.8) is 0 Å². The third kappa shape index (κ3) is 3.32. The van der Waals surface area contributed by atoms with E-state index in [1.165, 1.54) is 0 Å². The number of hydrogen-bond acceptors (Lipinski definition) is 4. The number of nitrogens with zero attached hydrogens (tertiary/aromatic N) is 1. The van der Waals surface area contributed by atoms with Gasteiger partial charge >= 0.3 is 0 Å². The van der Waals surface area contributed by atoms with Gasteiger partial charge < -0.3 is 11.1 Å². The largest absolute Gasteiger partial charge is 0.389 e. The lowest BCUT2D eigenvalue weighted by atomic mass is 10.1. The van der Waals surface area contributed by atoms with Crippen LogP contribution in [-0.2, 0) is 10.8 Å². The standard InChI is InChI=1S/C14H17N3OS2/c1-9(8-20(2)18)17-13-10-5-3-4-6-12(10)16-7-11(13)14(15)19/h3-7,9H,8H2,1-2H3,(H2,15,19)(H,16,17). The molecule has 2 atom stereocenters. The van der Waals surface area contributed by atoms with E-state index in [1.54, 1.807) is 12.5 Å². The molecule has 0 saturated carbocycles. The molecule has 4 nitrogen and oxygen atoms in total. The van der Waals surface area contributed by atoms with E-state index in [0.717, 1.165) is 16.6 Å². The van der Waals surface area contributed by atoms with E-state index in [2.05, 4.69) is 10.3 Å². The maximum absolute atomic E-state index is 11.3. The minimum absolute atomic E-state index is 0.0553. The van der Waals surface area contributed by atoms with Crippen molar-refractivity contribution in [1.82, 2.24) is 4.98 Å². The molecule has 106 valence electrons. The maximum atomic E-state index is 11.3. The van der Waals surface area contributed by atoms with Crippen molar-refractivity contribution in [3.8, 4) is 0 Å². The highest BCUT2D eigenvalue weighted by molar-refractivity contribution is 7.84. The van der Waals surface area contributed by atoms with Gasteiger partial charge in [0.05, 0.1) is 16.8 Å². The Bertz CT molecular complexity index is 673. The van der Waals surface area contributed by atoms with Crippen LogP contribution in [0.25, 0.3) is 10.9 Å². The summed E-state index contributed by atoms with van der Waals surface area (Å²) in [5, 5.41) is 4.33.